The highest BCUT2D eigenvalue weighted by atomic mass is 16.5. The van der Waals surface area contributed by atoms with Crippen molar-refractivity contribution in [1.29, 1.82) is 0 Å². The summed E-state index contributed by atoms with van der Waals surface area (Å²) in [6.07, 6.45) is 0. The Morgan fingerprint density at radius 2 is 2.14 bits per heavy atom. The maximum absolute atomic E-state index is 10.7. The van der Waals surface area contributed by atoms with Crippen LogP contribution < -0.4 is 5.76 Å². The summed E-state index contributed by atoms with van der Waals surface area (Å²) in [7, 11) is 0. The van der Waals surface area contributed by atoms with Crippen LogP contribution in [0.25, 0.3) is 11.5 Å². The minimum absolute atomic E-state index is 0.359. The number of aromatic nitrogens is 3. The second-order valence-corrected chi connectivity index (χ2v) is 3.04. The van der Waals surface area contributed by atoms with E-state index < -0.39 is 5.76 Å². The molecule has 2 aromatic rings. The number of aryl methyl sites for hydroxylation is 2. The molecule has 1 N–H and O–H groups in total. The lowest BCUT2D eigenvalue weighted by atomic mass is 10.2. The van der Waals surface area contributed by atoms with Crippen molar-refractivity contribution in [2.45, 2.75) is 13.8 Å². The van der Waals surface area contributed by atoms with Gasteiger partial charge >= 0.3 is 5.76 Å². The Labute approximate surface area is 79.8 Å². The van der Waals surface area contributed by atoms with Gasteiger partial charge in [-0.25, -0.2) is 9.78 Å². The first-order valence-corrected chi connectivity index (χ1v) is 4.17. The number of nitrogens with one attached hydrogen (secondary N) is 1. The van der Waals surface area contributed by atoms with Crippen molar-refractivity contribution in [3.8, 4) is 11.5 Å². The third-order valence-corrected chi connectivity index (χ3v) is 2.03. The van der Waals surface area contributed by atoms with Crippen LogP contribution in [0.4, 0.5) is 0 Å². The number of H-pyrrole nitrogens is 1. The van der Waals surface area contributed by atoms with Crippen LogP contribution in [-0.4, -0.2) is 15.1 Å². The molecule has 0 aliphatic rings. The largest absolute Gasteiger partial charge is 0.439 e. The van der Waals surface area contributed by atoms with E-state index >= 15 is 0 Å². The Hall–Kier alpha value is -1.91. The lowest BCUT2D eigenvalue weighted by Crippen LogP contribution is -1.96. The van der Waals surface area contributed by atoms with E-state index in [1.54, 1.807) is 6.07 Å². The van der Waals surface area contributed by atoms with Gasteiger partial charge in [0.15, 0.2) is 0 Å². The van der Waals surface area contributed by atoms with Gasteiger partial charge in [0.05, 0.1) is 0 Å². The number of aromatic amines is 1. The topological polar surface area (TPSA) is 71.8 Å². The predicted octanol–water partition coefficient (Wildman–Crippen LogP) is 1.04. The zero-order valence-corrected chi connectivity index (χ0v) is 7.87. The number of hydrogen-bond acceptors (Lipinski definition) is 4. The van der Waals surface area contributed by atoms with E-state index in [1.165, 1.54) is 0 Å². The standard InChI is InChI=1S/C9H9N3O2/c1-5-3-4-7(10-6(5)2)8-11-9(13)14-12-8/h3-4H,1-2H3,(H,11,12,13). The fourth-order valence-electron chi connectivity index (χ4n) is 1.10. The summed E-state index contributed by atoms with van der Waals surface area (Å²) in [5.41, 5.74) is 2.62. The van der Waals surface area contributed by atoms with Gasteiger partial charge in [-0.1, -0.05) is 11.2 Å². The van der Waals surface area contributed by atoms with E-state index in [9.17, 15) is 4.79 Å². The van der Waals surface area contributed by atoms with Gasteiger partial charge in [-0.2, -0.15) is 0 Å². The molecule has 0 bridgehead atoms. The Bertz CT molecular complexity index is 513. The summed E-state index contributed by atoms with van der Waals surface area (Å²) < 4.78 is 4.39. The van der Waals surface area contributed by atoms with Gasteiger partial charge in [-0.05, 0) is 25.5 Å². The fraction of sp³-hybridized carbons (Fsp3) is 0.222. The molecule has 14 heavy (non-hydrogen) atoms. The van der Waals surface area contributed by atoms with Crippen molar-refractivity contribution in [3.63, 3.8) is 0 Å². The molecule has 0 aliphatic carbocycles. The van der Waals surface area contributed by atoms with Gasteiger partial charge in [0.1, 0.15) is 5.69 Å². The van der Waals surface area contributed by atoms with E-state index in [0.29, 0.717) is 11.5 Å². The highest BCUT2D eigenvalue weighted by Gasteiger charge is 2.06. The summed E-state index contributed by atoms with van der Waals surface area (Å²) in [6.45, 7) is 3.87. The molecule has 0 fully saturated rings. The molecular formula is C9H9N3O2. The van der Waals surface area contributed by atoms with Gasteiger partial charge in [0, 0.05) is 5.69 Å². The quantitative estimate of drug-likeness (QED) is 0.731. The number of pyridine rings is 1. The minimum atomic E-state index is -0.569. The summed E-state index contributed by atoms with van der Waals surface area (Å²) in [6, 6.07) is 3.71. The molecule has 72 valence electrons. The van der Waals surface area contributed by atoms with E-state index in [4.69, 9.17) is 0 Å². The maximum atomic E-state index is 10.7. The molecule has 0 saturated carbocycles. The Kier molecular flexibility index (Phi) is 1.92. The van der Waals surface area contributed by atoms with Crippen molar-refractivity contribution >= 4 is 0 Å². The molecule has 0 amide bonds. The Morgan fingerprint density at radius 3 is 2.71 bits per heavy atom. The summed E-state index contributed by atoms with van der Waals surface area (Å²) in [4.78, 5) is 17.4. The molecule has 0 atom stereocenters. The number of rotatable bonds is 1. The molecule has 2 aromatic heterocycles. The monoisotopic (exact) mass is 191 g/mol. The molecule has 5 heteroatoms. The van der Waals surface area contributed by atoms with Crippen LogP contribution in [-0.2, 0) is 0 Å². The highest BCUT2D eigenvalue weighted by molar-refractivity contribution is 5.48. The molecule has 0 aliphatic heterocycles. The van der Waals surface area contributed by atoms with Crippen LogP contribution >= 0.6 is 0 Å². The smallest absolute Gasteiger partial charge is 0.296 e. The van der Waals surface area contributed by atoms with E-state index in [2.05, 4.69) is 19.6 Å². The predicted molar refractivity (Wildman–Crippen MR) is 49.8 cm³/mol. The third-order valence-electron chi connectivity index (χ3n) is 2.03. The zero-order chi connectivity index (χ0) is 10.1. The fourth-order valence-corrected chi connectivity index (χ4v) is 1.10. The van der Waals surface area contributed by atoms with Gasteiger partial charge in [0.25, 0.3) is 0 Å². The third kappa shape index (κ3) is 1.44. The molecule has 0 aromatic carbocycles. The molecule has 0 radical (unpaired) electrons. The Balaban J connectivity index is 2.52. The maximum Gasteiger partial charge on any atom is 0.439 e. The zero-order valence-electron chi connectivity index (χ0n) is 7.87. The SMILES string of the molecule is Cc1ccc(-c2noc(=O)[nH]2)nc1C. The van der Waals surface area contributed by atoms with Gasteiger partial charge in [0.2, 0.25) is 5.82 Å². The molecule has 5 nitrogen and oxygen atoms in total. The number of nitrogens with zero attached hydrogens (tertiary/aromatic N) is 2. The molecule has 0 saturated heterocycles. The summed E-state index contributed by atoms with van der Waals surface area (Å²) in [5.74, 6) is -0.210. The Morgan fingerprint density at radius 1 is 1.36 bits per heavy atom. The first-order chi connectivity index (χ1) is 6.66. The van der Waals surface area contributed by atoms with Crippen LogP contribution in [0.3, 0.4) is 0 Å². The first-order valence-electron chi connectivity index (χ1n) is 4.17. The van der Waals surface area contributed by atoms with Crippen molar-refractivity contribution in [2.75, 3.05) is 0 Å². The molecule has 2 heterocycles. The first kappa shape index (κ1) is 8.68. The highest BCUT2D eigenvalue weighted by Crippen LogP contribution is 2.12. The lowest BCUT2D eigenvalue weighted by Gasteiger charge is -1.99. The van der Waals surface area contributed by atoms with Gasteiger partial charge in [-0.3, -0.25) is 9.51 Å². The van der Waals surface area contributed by atoms with Gasteiger partial charge < -0.3 is 0 Å². The van der Waals surface area contributed by atoms with Crippen molar-refractivity contribution in [1.82, 2.24) is 15.1 Å². The van der Waals surface area contributed by atoms with Crippen LogP contribution in [0.15, 0.2) is 21.5 Å². The average molecular weight is 191 g/mol. The molecular weight excluding hydrogens is 182 g/mol. The normalized spacial score (nSPS) is 10.4. The van der Waals surface area contributed by atoms with Crippen LogP contribution in [0.2, 0.25) is 0 Å². The minimum Gasteiger partial charge on any atom is -0.296 e. The van der Waals surface area contributed by atoms with Crippen LogP contribution in [0, 0.1) is 13.8 Å². The van der Waals surface area contributed by atoms with Crippen molar-refractivity contribution in [2.24, 2.45) is 0 Å². The molecule has 0 spiro atoms. The molecule has 0 unspecified atom stereocenters. The average Bonchev–Trinajstić information content (AvgIpc) is 2.57. The van der Waals surface area contributed by atoms with Crippen LogP contribution in [0.1, 0.15) is 11.3 Å². The van der Waals surface area contributed by atoms with E-state index in [1.807, 2.05) is 19.9 Å². The molecule has 2 rings (SSSR count). The second-order valence-electron chi connectivity index (χ2n) is 3.04. The van der Waals surface area contributed by atoms with E-state index in [0.717, 1.165) is 11.3 Å². The summed E-state index contributed by atoms with van der Waals surface area (Å²) >= 11 is 0. The second kappa shape index (κ2) is 3.10. The van der Waals surface area contributed by atoms with Crippen molar-refractivity contribution < 1.29 is 4.52 Å². The summed E-state index contributed by atoms with van der Waals surface area (Å²) in [5, 5.41) is 3.55. The lowest BCUT2D eigenvalue weighted by molar-refractivity contribution is 0.387. The van der Waals surface area contributed by atoms with Gasteiger partial charge in [-0.15, -0.1) is 0 Å². The van der Waals surface area contributed by atoms with Crippen molar-refractivity contribution in [3.05, 3.63) is 33.9 Å². The number of hydrogen-bond donors (Lipinski definition) is 1. The van der Waals surface area contributed by atoms with Crippen LogP contribution in [0.5, 0.6) is 0 Å². The van der Waals surface area contributed by atoms with E-state index in [-0.39, 0.29) is 0 Å².